The minimum atomic E-state index is -4.31. The fourth-order valence-corrected chi connectivity index (χ4v) is 4.26. The van der Waals surface area contributed by atoms with Crippen LogP contribution in [0.15, 0.2) is 48.5 Å². The maximum absolute atomic E-state index is 14.1. The number of hydrogen-bond acceptors (Lipinski definition) is 2. The third-order valence-corrected chi connectivity index (χ3v) is 5.27. The molecule has 0 aromatic heterocycles. The smallest absolute Gasteiger partial charge is 0.401 e. The maximum Gasteiger partial charge on any atom is 0.401 e. The molecule has 1 aliphatic heterocycles. The van der Waals surface area contributed by atoms with E-state index in [9.17, 15) is 13.2 Å². The van der Waals surface area contributed by atoms with Crippen molar-refractivity contribution in [2.45, 2.75) is 23.6 Å². The van der Waals surface area contributed by atoms with Gasteiger partial charge in [-0.3, -0.25) is 0 Å². The molecule has 120 valence electrons. The molecule has 23 heavy (non-hydrogen) atoms. The molecule has 2 aromatic rings. The van der Waals surface area contributed by atoms with Gasteiger partial charge in [0.15, 0.2) is 0 Å². The summed E-state index contributed by atoms with van der Waals surface area (Å²) in [5, 5.41) is 0. The van der Waals surface area contributed by atoms with Crippen molar-refractivity contribution in [1.29, 1.82) is 0 Å². The molecule has 0 bridgehead atoms. The number of likely N-dealkylation sites (N-methyl/N-ethyl adjacent to an activating group) is 1. The Bertz CT molecular complexity index is 756. The molecular formula is C18H16F3NO. The van der Waals surface area contributed by atoms with Crippen LogP contribution in [0, 0.1) is 0 Å². The zero-order valence-electron chi connectivity index (χ0n) is 12.8. The van der Waals surface area contributed by atoms with Gasteiger partial charge in [0.1, 0.15) is 11.2 Å². The van der Waals surface area contributed by atoms with E-state index in [1.54, 1.807) is 36.2 Å². The van der Waals surface area contributed by atoms with E-state index < -0.39 is 23.6 Å². The van der Waals surface area contributed by atoms with Crippen molar-refractivity contribution in [1.82, 2.24) is 0 Å². The molecule has 0 spiro atoms. The first kappa shape index (κ1) is 14.4. The van der Waals surface area contributed by atoms with Gasteiger partial charge in [-0.25, -0.2) is 0 Å². The van der Waals surface area contributed by atoms with Gasteiger partial charge in [-0.05, 0) is 29.3 Å². The molecule has 2 aliphatic rings. The zero-order valence-corrected chi connectivity index (χ0v) is 12.8. The van der Waals surface area contributed by atoms with E-state index >= 15 is 0 Å². The van der Waals surface area contributed by atoms with E-state index in [-0.39, 0.29) is 0 Å². The summed E-state index contributed by atoms with van der Waals surface area (Å²) in [6.07, 6.45) is -4.31. The number of anilines is 1. The molecule has 0 amide bonds. The van der Waals surface area contributed by atoms with E-state index in [4.69, 9.17) is 4.74 Å². The van der Waals surface area contributed by atoms with Crippen LogP contribution in [0.4, 0.5) is 18.9 Å². The summed E-state index contributed by atoms with van der Waals surface area (Å²) < 4.78 is 47.4. The lowest BCUT2D eigenvalue weighted by Gasteiger charge is -2.29. The highest BCUT2D eigenvalue weighted by atomic mass is 19.4. The molecule has 1 heterocycles. The predicted octanol–water partition coefficient (Wildman–Crippen LogP) is 4.11. The number of fused-ring (bicyclic) bond motifs is 3. The van der Waals surface area contributed by atoms with Crippen molar-refractivity contribution in [2.75, 3.05) is 19.1 Å². The molecule has 2 nitrogen and oxygen atoms in total. The molecule has 1 saturated carbocycles. The quantitative estimate of drug-likeness (QED) is 0.826. The lowest BCUT2D eigenvalue weighted by atomic mass is 9.88. The molecule has 3 atom stereocenters. The van der Waals surface area contributed by atoms with Crippen LogP contribution in [0.5, 0.6) is 5.75 Å². The first-order valence-corrected chi connectivity index (χ1v) is 7.46. The minimum absolute atomic E-state index is 0.308. The molecular weight excluding hydrogens is 303 g/mol. The number of benzene rings is 2. The second-order valence-corrected chi connectivity index (χ2v) is 6.19. The average molecular weight is 319 g/mol. The predicted molar refractivity (Wildman–Crippen MR) is 82.1 cm³/mol. The molecule has 2 aromatic carbocycles. The van der Waals surface area contributed by atoms with Crippen LogP contribution in [0.2, 0.25) is 0 Å². The van der Waals surface area contributed by atoms with Crippen molar-refractivity contribution < 1.29 is 17.9 Å². The van der Waals surface area contributed by atoms with Gasteiger partial charge in [0, 0.05) is 18.7 Å². The fraction of sp³-hybridized carbons (Fsp3) is 0.333. The molecule has 0 unspecified atom stereocenters. The number of methoxy groups -OCH3 is 1. The van der Waals surface area contributed by atoms with Gasteiger partial charge in [0.2, 0.25) is 0 Å². The summed E-state index contributed by atoms with van der Waals surface area (Å²) >= 11 is 0. The largest absolute Gasteiger partial charge is 0.497 e. The van der Waals surface area contributed by atoms with E-state index in [1.807, 2.05) is 24.3 Å². The fourth-order valence-electron chi connectivity index (χ4n) is 4.26. The van der Waals surface area contributed by atoms with Crippen LogP contribution in [0.25, 0.3) is 0 Å². The second-order valence-electron chi connectivity index (χ2n) is 6.19. The Hall–Kier alpha value is -2.17. The molecule has 0 saturated heterocycles. The van der Waals surface area contributed by atoms with Crippen LogP contribution < -0.4 is 9.64 Å². The Morgan fingerprint density at radius 2 is 1.70 bits per heavy atom. The number of rotatable bonds is 2. The van der Waals surface area contributed by atoms with Gasteiger partial charge >= 0.3 is 6.18 Å². The number of ether oxygens (including phenoxy) is 1. The number of hydrogen-bond donors (Lipinski definition) is 0. The Balaban J connectivity index is 1.86. The summed E-state index contributed by atoms with van der Waals surface area (Å²) in [5.41, 5.74) is 0.161. The SMILES string of the molecule is COc1ccc([C@@]2(C(F)(F)F)[C@H]3c4ccccc4N(C)[C@H]32)cc1. The third-order valence-electron chi connectivity index (χ3n) is 5.27. The zero-order chi connectivity index (χ0) is 16.4. The van der Waals surface area contributed by atoms with Gasteiger partial charge in [0.05, 0.1) is 13.2 Å². The Morgan fingerprint density at radius 1 is 1.04 bits per heavy atom. The highest BCUT2D eigenvalue weighted by Gasteiger charge is 2.82. The summed E-state index contributed by atoms with van der Waals surface area (Å²) in [6.45, 7) is 0. The van der Waals surface area contributed by atoms with E-state index in [1.165, 1.54) is 7.11 Å². The van der Waals surface area contributed by atoms with Crippen LogP contribution in [0.1, 0.15) is 17.0 Å². The summed E-state index contributed by atoms with van der Waals surface area (Å²) in [6, 6.07) is 13.1. The number of alkyl halides is 3. The van der Waals surface area contributed by atoms with E-state index in [2.05, 4.69) is 0 Å². The van der Waals surface area contributed by atoms with Crippen molar-refractivity contribution in [2.24, 2.45) is 0 Å². The Labute approximate surface area is 132 Å². The summed E-state index contributed by atoms with van der Waals surface area (Å²) in [7, 11) is 3.25. The lowest BCUT2D eigenvalue weighted by molar-refractivity contribution is -0.163. The van der Waals surface area contributed by atoms with Crippen LogP contribution in [-0.2, 0) is 5.41 Å². The van der Waals surface area contributed by atoms with Gasteiger partial charge in [-0.2, -0.15) is 13.2 Å². The van der Waals surface area contributed by atoms with Gasteiger partial charge in [-0.1, -0.05) is 30.3 Å². The second kappa shape index (κ2) is 4.43. The average Bonchev–Trinajstić information content (AvgIpc) is 3.17. The maximum atomic E-state index is 14.1. The van der Waals surface area contributed by atoms with Crippen molar-refractivity contribution in [3.63, 3.8) is 0 Å². The van der Waals surface area contributed by atoms with E-state index in [0.29, 0.717) is 11.3 Å². The van der Waals surface area contributed by atoms with Crippen molar-refractivity contribution >= 4 is 5.69 Å². The topological polar surface area (TPSA) is 12.5 Å². The molecule has 0 N–H and O–H groups in total. The highest BCUT2D eigenvalue weighted by molar-refractivity contribution is 5.72. The minimum Gasteiger partial charge on any atom is -0.497 e. The number of halogens is 3. The van der Waals surface area contributed by atoms with Crippen molar-refractivity contribution in [3.8, 4) is 5.75 Å². The normalized spacial score (nSPS) is 28.3. The molecule has 1 fully saturated rings. The van der Waals surface area contributed by atoms with E-state index in [0.717, 1.165) is 11.3 Å². The molecule has 0 radical (unpaired) electrons. The van der Waals surface area contributed by atoms with Gasteiger partial charge in [0.25, 0.3) is 0 Å². The standard InChI is InChI=1S/C18H16F3NO/c1-22-14-6-4-3-5-13(14)15-16(22)17(15,18(19,20)21)11-7-9-12(23-2)10-8-11/h3-10,15-16H,1-2H3/t15-,16+,17+/m0/s1. The van der Waals surface area contributed by atoms with Gasteiger partial charge < -0.3 is 9.64 Å². The molecule has 5 heteroatoms. The number of para-hydroxylation sites is 1. The van der Waals surface area contributed by atoms with Crippen molar-refractivity contribution in [3.05, 3.63) is 59.7 Å². The lowest BCUT2D eigenvalue weighted by Crippen LogP contribution is -2.39. The van der Waals surface area contributed by atoms with Crippen LogP contribution in [0.3, 0.4) is 0 Å². The first-order valence-electron chi connectivity index (χ1n) is 7.46. The van der Waals surface area contributed by atoms with Crippen LogP contribution in [-0.4, -0.2) is 26.4 Å². The highest BCUT2D eigenvalue weighted by Crippen LogP contribution is 2.74. The first-order chi connectivity index (χ1) is 10.9. The number of nitrogens with zero attached hydrogens (tertiary/aromatic N) is 1. The molecule has 1 aliphatic carbocycles. The Kier molecular flexibility index (Phi) is 2.78. The monoisotopic (exact) mass is 319 g/mol. The van der Waals surface area contributed by atoms with Gasteiger partial charge in [-0.15, -0.1) is 0 Å². The third kappa shape index (κ3) is 1.65. The Morgan fingerprint density at radius 3 is 2.30 bits per heavy atom. The molecule has 4 rings (SSSR count). The summed E-state index contributed by atoms with van der Waals surface area (Å²) in [4.78, 5) is 1.78. The van der Waals surface area contributed by atoms with Crippen LogP contribution >= 0.6 is 0 Å². The summed E-state index contributed by atoms with van der Waals surface area (Å²) in [5.74, 6) is 0.0164.